The molecule has 21 heavy (non-hydrogen) atoms. The third-order valence-electron chi connectivity index (χ3n) is 3.33. The van der Waals surface area contributed by atoms with Crippen LogP contribution in [0.5, 0.6) is 5.75 Å². The lowest BCUT2D eigenvalue weighted by molar-refractivity contribution is -0.125. The minimum Gasteiger partial charge on any atom is -0.479 e. The minimum atomic E-state index is -3.14. The molecule has 1 aliphatic heterocycles. The van der Waals surface area contributed by atoms with Crippen molar-refractivity contribution in [3.63, 3.8) is 0 Å². The number of fused-ring (bicyclic) bond motifs is 1. The number of benzene rings is 1. The normalized spacial score (nSPS) is 18.3. The number of rotatable bonds is 5. The first kappa shape index (κ1) is 15.6. The standard InChI is InChI=1S/C14H20N2O4S/c1-3-7-21(18,19)8-6-16-12-5-4-11(15)9-13(12)20-10(2)14(16)17/h4-5,9-10H,3,6-8,15H2,1-2H3. The molecule has 0 fully saturated rings. The average molecular weight is 312 g/mol. The summed E-state index contributed by atoms with van der Waals surface area (Å²) in [6.07, 6.45) is -0.0729. The molecule has 0 bridgehead atoms. The van der Waals surface area contributed by atoms with Gasteiger partial charge in [-0.3, -0.25) is 4.79 Å². The van der Waals surface area contributed by atoms with Crippen molar-refractivity contribution >= 4 is 27.1 Å². The highest BCUT2D eigenvalue weighted by molar-refractivity contribution is 7.91. The van der Waals surface area contributed by atoms with Gasteiger partial charge < -0.3 is 15.4 Å². The Hall–Kier alpha value is -1.76. The van der Waals surface area contributed by atoms with Gasteiger partial charge >= 0.3 is 0 Å². The van der Waals surface area contributed by atoms with Gasteiger partial charge in [0.1, 0.15) is 5.75 Å². The number of sulfone groups is 1. The van der Waals surface area contributed by atoms with E-state index in [1.807, 2.05) is 6.92 Å². The lowest BCUT2D eigenvalue weighted by Crippen LogP contribution is -2.46. The van der Waals surface area contributed by atoms with E-state index in [2.05, 4.69) is 0 Å². The number of hydrogen-bond acceptors (Lipinski definition) is 5. The Morgan fingerprint density at radius 3 is 2.71 bits per heavy atom. The molecule has 0 aliphatic carbocycles. The first-order valence-electron chi connectivity index (χ1n) is 6.92. The van der Waals surface area contributed by atoms with E-state index in [0.29, 0.717) is 23.5 Å². The second-order valence-corrected chi connectivity index (χ2v) is 7.43. The number of carbonyl (C=O) groups excluding carboxylic acids is 1. The predicted octanol–water partition coefficient (Wildman–Crippen LogP) is 1.21. The SMILES string of the molecule is CCCS(=O)(=O)CCN1C(=O)C(C)Oc2cc(N)ccc21. The fraction of sp³-hybridized carbons (Fsp3) is 0.500. The van der Waals surface area contributed by atoms with Crippen molar-refractivity contribution < 1.29 is 17.9 Å². The van der Waals surface area contributed by atoms with Gasteiger partial charge in [0.05, 0.1) is 11.4 Å². The Bertz CT molecular complexity index is 642. The Balaban J connectivity index is 2.24. The van der Waals surface area contributed by atoms with E-state index in [1.165, 1.54) is 4.90 Å². The van der Waals surface area contributed by atoms with Crippen molar-refractivity contribution in [2.75, 3.05) is 28.7 Å². The summed E-state index contributed by atoms with van der Waals surface area (Å²) in [5.74, 6) is 0.354. The molecule has 6 nitrogen and oxygen atoms in total. The van der Waals surface area contributed by atoms with Gasteiger partial charge in [0, 0.05) is 24.1 Å². The molecule has 1 unspecified atom stereocenters. The third-order valence-corrected chi connectivity index (χ3v) is 5.17. The van der Waals surface area contributed by atoms with Crippen molar-refractivity contribution in [3.05, 3.63) is 18.2 Å². The van der Waals surface area contributed by atoms with E-state index in [4.69, 9.17) is 10.5 Å². The molecule has 7 heteroatoms. The molecule has 2 N–H and O–H groups in total. The van der Waals surface area contributed by atoms with Crippen LogP contribution < -0.4 is 15.4 Å². The van der Waals surface area contributed by atoms with Crippen LogP contribution in [0.1, 0.15) is 20.3 Å². The Kier molecular flexibility index (Phi) is 4.41. The molecule has 0 spiro atoms. The quantitative estimate of drug-likeness (QED) is 0.825. The van der Waals surface area contributed by atoms with Gasteiger partial charge in [-0.25, -0.2) is 8.42 Å². The Morgan fingerprint density at radius 2 is 2.05 bits per heavy atom. The van der Waals surface area contributed by atoms with Crippen LogP contribution in [0.2, 0.25) is 0 Å². The molecule has 0 radical (unpaired) electrons. The largest absolute Gasteiger partial charge is 0.479 e. The summed E-state index contributed by atoms with van der Waals surface area (Å²) in [6.45, 7) is 3.59. The van der Waals surface area contributed by atoms with Crippen LogP contribution in [0, 0.1) is 0 Å². The lowest BCUT2D eigenvalue weighted by Gasteiger charge is -2.33. The highest BCUT2D eigenvalue weighted by Gasteiger charge is 2.32. The van der Waals surface area contributed by atoms with Gasteiger partial charge in [0.2, 0.25) is 0 Å². The number of anilines is 2. The summed E-state index contributed by atoms with van der Waals surface area (Å²) in [5, 5.41) is 0. The second kappa shape index (κ2) is 5.93. The molecule has 0 saturated heterocycles. The zero-order valence-corrected chi connectivity index (χ0v) is 13.0. The molecule has 1 amide bonds. The van der Waals surface area contributed by atoms with Crippen LogP contribution in [0.25, 0.3) is 0 Å². The number of carbonyl (C=O) groups is 1. The molecule has 116 valence electrons. The molecular formula is C14H20N2O4S. The first-order valence-corrected chi connectivity index (χ1v) is 8.74. The van der Waals surface area contributed by atoms with Crippen LogP contribution in [0.15, 0.2) is 18.2 Å². The van der Waals surface area contributed by atoms with Gasteiger partial charge in [-0.2, -0.15) is 0 Å². The fourth-order valence-electron chi connectivity index (χ4n) is 2.30. The number of amides is 1. The van der Waals surface area contributed by atoms with E-state index in [9.17, 15) is 13.2 Å². The zero-order valence-electron chi connectivity index (χ0n) is 12.2. The number of nitrogens with zero attached hydrogens (tertiary/aromatic N) is 1. The van der Waals surface area contributed by atoms with Crippen molar-refractivity contribution in [3.8, 4) is 5.75 Å². The topological polar surface area (TPSA) is 89.7 Å². The number of nitrogen functional groups attached to an aromatic ring is 1. The molecule has 0 aromatic heterocycles. The lowest BCUT2D eigenvalue weighted by atomic mass is 10.1. The second-order valence-electron chi connectivity index (χ2n) is 5.13. The number of nitrogens with two attached hydrogens (primary N) is 1. The molecule has 1 heterocycles. The minimum absolute atomic E-state index is 0.0525. The van der Waals surface area contributed by atoms with Crippen molar-refractivity contribution in [2.45, 2.75) is 26.4 Å². The van der Waals surface area contributed by atoms with Crippen molar-refractivity contribution in [2.24, 2.45) is 0 Å². The van der Waals surface area contributed by atoms with Crippen LogP contribution in [0.3, 0.4) is 0 Å². The molecular weight excluding hydrogens is 292 g/mol. The van der Waals surface area contributed by atoms with E-state index >= 15 is 0 Å². The molecule has 0 saturated carbocycles. The first-order chi connectivity index (χ1) is 9.84. The smallest absolute Gasteiger partial charge is 0.267 e. The van der Waals surface area contributed by atoms with Crippen molar-refractivity contribution in [1.82, 2.24) is 0 Å². The van der Waals surface area contributed by atoms with Gasteiger partial charge in [-0.15, -0.1) is 0 Å². The number of ether oxygens (including phenoxy) is 1. The molecule has 1 aromatic carbocycles. The van der Waals surface area contributed by atoms with Crippen LogP contribution >= 0.6 is 0 Å². The maximum Gasteiger partial charge on any atom is 0.267 e. The van der Waals surface area contributed by atoms with Crippen LogP contribution in [-0.4, -0.2) is 38.5 Å². The van der Waals surface area contributed by atoms with E-state index in [0.717, 1.165) is 0 Å². The summed E-state index contributed by atoms with van der Waals surface area (Å²) >= 11 is 0. The maximum absolute atomic E-state index is 12.2. The summed E-state index contributed by atoms with van der Waals surface area (Å²) in [7, 11) is -3.14. The fourth-order valence-corrected chi connectivity index (χ4v) is 3.59. The van der Waals surface area contributed by atoms with Gasteiger partial charge in [0.25, 0.3) is 5.91 Å². The summed E-state index contributed by atoms with van der Waals surface area (Å²) in [5.41, 5.74) is 6.82. The highest BCUT2D eigenvalue weighted by atomic mass is 32.2. The van der Waals surface area contributed by atoms with Crippen molar-refractivity contribution in [1.29, 1.82) is 0 Å². The Labute approximate surface area is 124 Å². The maximum atomic E-state index is 12.2. The van der Waals surface area contributed by atoms with Gasteiger partial charge in [-0.05, 0) is 25.5 Å². The highest BCUT2D eigenvalue weighted by Crippen LogP contribution is 2.35. The van der Waals surface area contributed by atoms with Gasteiger partial charge in [-0.1, -0.05) is 6.92 Å². The summed E-state index contributed by atoms with van der Waals surface area (Å²) in [6, 6.07) is 4.99. The van der Waals surface area contributed by atoms with E-state index in [1.54, 1.807) is 25.1 Å². The monoisotopic (exact) mass is 312 g/mol. The van der Waals surface area contributed by atoms with E-state index < -0.39 is 15.9 Å². The summed E-state index contributed by atoms with van der Waals surface area (Å²) < 4.78 is 29.2. The van der Waals surface area contributed by atoms with Crippen LogP contribution in [-0.2, 0) is 14.6 Å². The summed E-state index contributed by atoms with van der Waals surface area (Å²) in [4.78, 5) is 13.7. The number of hydrogen-bond donors (Lipinski definition) is 1. The molecule has 1 aromatic rings. The molecule has 2 rings (SSSR count). The molecule has 1 atom stereocenters. The molecule has 1 aliphatic rings. The average Bonchev–Trinajstić information content (AvgIpc) is 2.39. The zero-order chi connectivity index (χ0) is 15.6. The predicted molar refractivity (Wildman–Crippen MR) is 82.2 cm³/mol. The van der Waals surface area contributed by atoms with Gasteiger partial charge in [0.15, 0.2) is 15.9 Å². The van der Waals surface area contributed by atoms with E-state index in [-0.39, 0.29) is 24.0 Å². The third kappa shape index (κ3) is 3.47. The van der Waals surface area contributed by atoms with Crippen LogP contribution in [0.4, 0.5) is 11.4 Å². The Morgan fingerprint density at radius 1 is 1.33 bits per heavy atom.